The van der Waals surface area contributed by atoms with Crippen molar-refractivity contribution in [2.24, 2.45) is 0 Å². The van der Waals surface area contributed by atoms with E-state index < -0.39 is 17.6 Å². The molecule has 1 N–H and O–H groups in total. The molecule has 0 unspecified atom stereocenters. The van der Waals surface area contributed by atoms with Gasteiger partial charge in [-0.25, -0.2) is 4.98 Å². The molecule has 3 aromatic heterocycles. The quantitative estimate of drug-likeness (QED) is 0.399. The van der Waals surface area contributed by atoms with E-state index in [0.29, 0.717) is 10.2 Å². The molecule has 0 fully saturated rings. The molecule has 32 heavy (non-hydrogen) atoms. The molecular formula is C21H16F3N3O3S2. The third-order valence-corrected chi connectivity index (χ3v) is 6.33. The molecule has 3 heterocycles. The number of nitrogens with one attached hydrogen (secondary N) is 1. The number of carbonyl (C=O) groups is 1. The zero-order valence-electron chi connectivity index (χ0n) is 16.4. The average molecular weight is 480 g/mol. The van der Waals surface area contributed by atoms with Crippen LogP contribution in [0, 0.1) is 0 Å². The molecule has 4 rings (SSSR count). The lowest BCUT2D eigenvalue weighted by molar-refractivity contribution is -0.137. The molecule has 0 aliphatic heterocycles. The molecule has 0 saturated heterocycles. The average Bonchev–Trinajstić information content (AvgIpc) is 3.43. The van der Waals surface area contributed by atoms with Crippen LogP contribution in [0.2, 0.25) is 0 Å². The maximum absolute atomic E-state index is 12.9. The SMILES string of the molecule is O=C(Cn1cnc2scc(-c3cccs3)c2c1=O)NCCOc1ccc(C(F)(F)F)cc1. The minimum Gasteiger partial charge on any atom is -0.492 e. The molecule has 0 aliphatic carbocycles. The number of rotatable bonds is 7. The number of fused-ring (bicyclic) bond motifs is 1. The van der Waals surface area contributed by atoms with E-state index in [2.05, 4.69) is 10.3 Å². The number of ether oxygens (including phenoxy) is 1. The highest BCUT2D eigenvalue weighted by atomic mass is 32.1. The summed E-state index contributed by atoms with van der Waals surface area (Å²) in [6.07, 6.45) is -3.06. The van der Waals surface area contributed by atoms with Crippen molar-refractivity contribution in [2.45, 2.75) is 12.7 Å². The van der Waals surface area contributed by atoms with Crippen LogP contribution in [0.1, 0.15) is 5.56 Å². The number of carbonyl (C=O) groups excluding carboxylic acids is 1. The molecule has 166 valence electrons. The van der Waals surface area contributed by atoms with Gasteiger partial charge in [-0.05, 0) is 35.7 Å². The monoisotopic (exact) mass is 479 g/mol. The van der Waals surface area contributed by atoms with Gasteiger partial charge in [-0.15, -0.1) is 22.7 Å². The van der Waals surface area contributed by atoms with E-state index in [1.165, 1.54) is 45.7 Å². The first-order chi connectivity index (χ1) is 15.3. The van der Waals surface area contributed by atoms with Crippen molar-refractivity contribution in [3.8, 4) is 16.2 Å². The minimum absolute atomic E-state index is 0.0658. The van der Waals surface area contributed by atoms with Gasteiger partial charge in [0.1, 0.15) is 23.7 Å². The molecule has 0 bridgehead atoms. The zero-order valence-corrected chi connectivity index (χ0v) is 18.0. The van der Waals surface area contributed by atoms with Crippen LogP contribution in [0.5, 0.6) is 5.75 Å². The number of halogens is 3. The molecule has 0 atom stereocenters. The highest BCUT2D eigenvalue weighted by molar-refractivity contribution is 7.18. The van der Waals surface area contributed by atoms with Gasteiger partial charge in [-0.1, -0.05) is 6.07 Å². The maximum atomic E-state index is 12.9. The van der Waals surface area contributed by atoms with Gasteiger partial charge in [0.2, 0.25) is 5.91 Å². The normalized spacial score (nSPS) is 11.6. The van der Waals surface area contributed by atoms with Crippen molar-refractivity contribution < 1.29 is 22.7 Å². The third-order valence-electron chi connectivity index (χ3n) is 4.54. The van der Waals surface area contributed by atoms with Crippen LogP contribution in [0.25, 0.3) is 20.7 Å². The van der Waals surface area contributed by atoms with Crippen molar-refractivity contribution >= 4 is 38.8 Å². The van der Waals surface area contributed by atoms with Crippen LogP contribution in [-0.2, 0) is 17.5 Å². The number of nitrogens with zero attached hydrogens (tertiary/aromatic N) is 2. The summed E-state index contributed by atoms with van der Waals surface area (Å²) in [6, 6.07) is 8.12. The lowest BCUT2D eigenvalue weighted by Crippen LogP contribution is -2.34. The molecule has 0 saturated carbocycles. The third kappa shape index (κ3) is 4.83. The van der Waals surface area contributed by atoms with Crippen LogP contribution in [0.4, 0.5) is 13.2 Å². The van der Waals surface area contributed by atoms with E-state index in [1.54, 1.807) is 0 Å². The summed E-state index contributed by atoms with van der Waals surface area (Å²) in [5, 5.41) is 6.91. The van der Waals surface area contributed by atoms with Crippen LogP contribution in [0.15, 0.2) is 58.3 Å². The first-order valence-corrected chi connectivity index (χ1v) is 11.2. The van der Waals surface area contributed by atoms with Gasteiger partial charge in [0.05, 0.1) is 23.8 Å². The van der Waals surface area contributed by atoms with Crippen LogP contribution in [0.3, 0.4) is 0 Å². The molecular weight excluding hydrogens is 463 g/mol. The number of alkyl halides is 3. The van der Waals surface area contributed by atoms with Gasteiger partial charge in [0, 0.05) is 15.8 Å². The Morgan fingerprint density at radius 1 is 1.16 bits per heavy atom. The minimum atomic E-state index is -4.41. The Kier molecular flexibility index (Phi) is 6.28. The summed E-state index contributed by atoms with van der Waals surface area (Å²) in [6.45, 7) is -0.0126. The largest absolute Gasteiger partial charge is 0.492 e. The van der Waals surface area contributed by atoms with Gasteiger partial charge in [0.25, 0.3) is 5.56 Å². The Bertz CT molecular complexity index is 1280. The first-order valence-electron chi connectivity index (χ1n) is 9.40. The van der Waals surface area contributed by atoms with E-state index in [9.17, 15) is 22.8 Å². The van der Waals surface area contributed by atoms with E-state index in [1.807, 2.05) is 22.9 Å². The fourth-order valence-corrected chi connectivity index (χ4v) is 4.72. The molecule has 6 nitrogen and oxygen atoms in total. The standard InChI is InChI=1S/C21H16F3N3O3S2/c22-21(23,24)13-3-5-14(6-4-13)30-8-7-25-17(28)10-27-12-26-19-18(20(27)29)15(11-32-19)16-2-1-9-31-16/h1-6,9,11-12H,7-8,10H2,(H,25,28). The Balaban J connectivity index is 1.34. The van der Waals surface area contributed by atoms with Crippen LogP contribution < -0.4 is 15.6 Å². The molecule has 0 spiro atoms. The number of amides is 1. The summed E-state index contributed by atoms with van der Waals surface area (Å²) in [5.41, 5.74) is -0.255. The van der Waals surface area contributed by atoms with Gasteiger partial charge in [-0.2, -0.15) is 13.2 Å². The second-order valence-corrected chi connectivity index (χ2v) is 8.51. The second kappa shape index (κ2) is 9.13. The number of hydrogen-bond donors (Lipinski definition) is 1. The van der Waals surface area contributed by atoms with E-state index in [-0.39, 0.29) is 31.0 Å². The summed E-state index contributed by atoms with van der Waals surface area (Å²) in [7, 11) is 0. The summed E-state index contributed by atoms with van der Waals surface area (Å²) in [4.78, 5) is 31.0. The molecule has 1 aromatic carbocycles. The summed E-state index contributed by atoms with van der Waals surface area (Å²) >= 11 is 2.89. The number of thiophene rings is 2. The van der Waals surface area contributed by atoms with Crippen molar-refractivity contribution in [2.75, 3.05) is 13.2 Å². The highest BCUT2D eigenvalue weighted by Gasteiger charge is 2.30. The Hall–Kier alpha value is -3.18. The fourth-order valence-electron chi connectivity index (χ4n) is 3.00. The van der Waals surface area contributed by atoms with Crippen LogP contribution >= 0.6 is 22.7 Å². The Labute approximate surface area is 187 Å². The predicted octanol–water partition coefficient (Wildman–Crippen LogP) is 4.40. The molecule has 0 radical (unpaired) electrons. The van der Waals surface area contributed by atoms with Crippen molar-refractivity contribution in [1.82, 2.24) is 14.9 Å². The summed E-state index contributed by atoms with van der Waals surface area (Å²) < 4.78 is 44.3. The molecule has 0 aliphatic rings. The zero-order chi connectivity index (χ0) is 22.7. The highest BCUT2D eigenvalue weighted by Crippen LogP contribution is 2.33. The van der Waals surface area contributed by atoms with Gasteiger partial charge in [0.15, 0.2) is 0 Å². The van der Waals surface area contributed by atoms with Crippen molar-refractivity contribution in [1.29, 1.82) is 0 Å². The van der Waals surface area contributed by atoms with E-state index in [4.69, 9.17) is 4.74 Å². The first kappa shape index (κ1) is 22.0. The summed E-state index contributed by atoms with van der Waals surface area (Å²) in [5.74, 6) is -0.145. The fraction of sp³-hybridized carbons (Fsp3) is 0.190. The lowest BCUT2D eigenvalue weighted by atomic mass is 10.2. The second-order valence-electron chi connectivity index (χ2n) is 6.71. The molecule has 4 aromatic rings. The van der Waals surface area contributed by atoms with E-state index in [0.717, 1.165) is 22.6 Å². The van der Waals surface area contributed by atoms with E-state index >= 15 is 0 Å². The smallest absolute Gasteiger partial charge is 0.416 e. The Morgan fingerprint density at radius 3 is 2.62 bits per heavy atom. The van der Waals surface area contributed by atoms with Crippen molar-refractivity contribution in [3.63, 3.8) is 0 Å². The number of aromatic nitrogens is 2. The number of benzene rings is 1. The van der Waals surface area contributed by atoms with Gasteiger partial charge < -0.3 is 10.1 Å². The van der Waals surface area contributed by atoms with Crippen molar-refractivity contribution in [3.05, 3.63) is 69.4 Å². The number of hydrogen-bond acceptors (Lipinski definition) is 6. The molecule has 11 heteroatoms. The topological polar surface area (TPSA) is 73.2 Å². The van der Waals surface area contributed by atoms with Gasteiger partial charge in [-0.3, -0.25) is 14.2 Å². The Morgan fingerprint density at radius 2 is 1.94 bits per heavy atom. The van der Waals surface area contributed by atoms with Gasteiger partial charge >= 0.3 is 6.18 Å². The predicted molar refractivity (Wildman–Crippen MR) is 117 cm³/mol. The lowest BCUT2D eigenvalue weighted by Gasteiger charge is -2.10. The van der Waals surface area contributed by atoms with Crippen LogP contribution in [-0.4, -0.2) is 28.6 Å². The maximum Gasteiger partial charge on any atom is 0.416 e. The molecule has 1 amide bonds.